The third-order valence-corrected chi connectivity index (χ3v) is 7.70. The molecule has 5 N–H and O–H groups in total. The van der Waals surface area contributed by atoms with Gasteiger partial charge in [-0.05, 0) is 42.0 Å². The summed E-state index contributed by atoms with van der Waals surface area (Å²) in [6, 6.07) is 26.0. The van der Waals surface area contributed by atoms with Crippen molar-refractivity contribution in [3.8, 4) is 0 Å². The van der Waals surface area contributed by atoms with E-state index in [0.29, 0.717) is 38.6 Å². The molecule has 0 aliphatic carbocycles. The number of ketones is 1. The van der Waals surface area contributed by atoms with Crippen LogP contribution in [0.15, 0.2) is 91.1 Å². The first kappa shape index (κ1) is 32.2. The van der Waals surface area contributed by atoms with Gasteiger partial charge in [0.2, 0.25) is 17.7 Å². The van der Waals surface area contributed by atoms with Gasteiger partial charge >= 0.3 is 0 Å². The third kappa shape index (κ3) is 9.91. The van der Waals surface area contributed by atoms with Gasteiger partial charge in [0, 0.05) is 48.8 Å². The Morgan fingerprint density at radius 1 is 0.773 bits per heavy atom. The normalized spacial score (nSPS) is 12.3. The number of aromatic amines is 1. The van der Waals surface area contributed by atoms with E-state index < -0.39 is 17.9 Å². The van der Waals surface area contributed by atoms with E-state index in [1.807, 2.05) is 91.1 Å². The number of hydrogen-bond acceptors (Lipinski definition) is 5. The second-order valence-corrected chi connectivity index (χ2v) is 11.1. The average Bonchev–Trinajstić information content (AvgIpc) is 3.45. The third-order valence-electron chi connectivity index (χ3n) is 7.70. The number of carbonyl (C=O) groups is 4. The first-order valence-electron chi connectivity index (χ1n) is 15.1. The molecule has 0 saturated heterocycles. The molecule has 0 spiro atoms. The number of fused-ring (bicyclic) bond motifs is 1. The molecule has 230 valence electrons. The number of amides is 3. The molecular formula is C35H40N4O5. The Morgan fingerprint density at radius 3 is 2.18 bits per heavy atom. The maximum atomic E-state index is 13.8. The van der Waals surface area contributed by atoms with Crippen molar-refractivity contribution in [2.75, 3.05) is 0 Å². The largest absolute Gasteiger partial charge is 0.361 e. The number of Topliss-reactive ketones (excluding diaryl/α,β-unsaturated/α-hetero) is 1. The van der Waals surface area contributed by atoms with Gasteiger partial charge in [-0.25, -0.2) is 5.48 Å². The number of benzene rings is 3. The van der Waals surface area contributed by atoms with Crippen molar-refractivity contribution in [1.29, 1.82) is 0 Å². The van der Waals surface area contributed by atoms with Crippen LogP contribution in [0.25, 0.3) is 10.9 Å². The minimum absolute atomic E-state index is 0.0366. The lowest BCUT2D eigenvalue weighted by atomic mass is 9.91. The van der Waals surface area contributed by atoms with Crippen molar-refractivity contribution in [3.63, 3.8) is 0 Å². The van der Waals surface area contributed by atoms with Gasteiger partial charge in [-0.3, -0.25) is 24.4 Å². The first-order chi connectivity index (χ1) is 21.4. The quantitative estimate of drug-likeness (QED) is 0.0678. The maximum Gasteiger partial charge on any atom is 0.243 e. The number of nitrogens with one attached hydrogen (secondary N) is 4. The van der Waals surface area contributed by atoms with Crippen LogP contribution in [0, 0.1) is 5.92 Å². The van der Waals surface area contributed by atoms with Gasteiger partial charge in [0.05, 0.1) is 0 Å². The Morgan fingerprint density at radius 2 is 1.45 bits per heavy atom. The lowest BCUT2D eigenvalue weighted by molar-refractivity contribution is -0.133. The summed E-state index contributed by atoms with van der Waals surface area (Å²) in [5.41, 5.74) is 5.33. The molecule has 0 aliphatic heterocycles. The Balaban J connectivity index is 1.45. The molecule has 4 aromatic rings. The van der Waals surface area contributed by atoms with E-state index in [1.165, 1.54) is 0 Å². The van der Waals surface area contributed by atoms with Crippen LogP contribution in [-0.2, 0) is 38.6 Å². The fourth-order valence-corrected chi connectivity index (χ4v) is 5.33. The number of carbonyl (C=O) groups excluding carboxylic acids is 4. The van der Waals surface area contributed by atoms with E-state index in [1.54, 1.807) is 5.48 Å². The molecule has 0 bridgehead atoms. The Bertz CT molecular complexity index is 1520. The van der Waals surface area contributed by atoms with E-state index >= 15 is 0 Å². The molecule has 2 atom stereocenters. The molecule has 44 heavy (non-hydrogen) atoms. The second kappa shape index (κ2) is 16.8. The lowest BCUT2D eigenvalue weighted by Crippen LogP contribution is -2.48. The van der Waals surface area contributed by atoms with Gasteiger partial charge < -0.3 is 15.6 Å². The molecule has 1 heterocycles. The van der Waals surface area contributed by atoms with E-state index in [0.717, 1.165) is 27.6 Å². The molecule has 0 aliphatic rings. The Labute approximate surface area is 257 Å². The van der Waals surface area contributed by atoms with Crippen LogP contribution in [-0.4, -0.2) is 39.7 Å². The summed E-state index contributed by atoms with van der Waals surface area (Å²) in [4.78, 5) is 55.0. The van der Waals surface area contributed by atoms with Gasteiger partial charge in [0.25, 0.3) is 0 Å². The summed E-state index contributed by atoms with van der Waals surface area (Å²) < 4.78 is 0. The number of hydrogen-bond donors (Lipinski definition) is 5. The van der Waals surface area contributed by atoms with Crippen molar-refractivity contribution < 1.29 is 24.4 Å². The van der Waals surface area contributed by atoms with E-state index in [-0.39, 0.29) is 36.9 Å². The fourth-order valence-electron chi connectivity index (χ4n) is 5.33. The monoisotopic (exact) mass is 596 g/mol. The maximum absolute atomic E-state index is 13.8. The molecule has 0 fully saturated rings. The number of aromatic nitrogens is 1. The molecule has 9 heteroatoms. The molecule has 3 amide bonds. The van der Waals surface area contributed by atoms with Crippen molar-refractivity contribution in [1.82, 2.24) is 21.1 Å². The van der Waals surface area contributed by atoms with Crippen LogP contribution >= 0.6 is 0 Å². The minimum atomic E-state index is -0.806. The highest BCUT2D eigenvalue weighted by atomic mass is 16.5. The molecule has 0 saturated carbocycles. The zero-order valence-corrected chi connectivity index (χ0v) is 24.8. The minimum Gasteiger partial charge on any atom is -0.361 e. The zero-order chi connectivity index (χ0) is 31.1. The van der Waals surface area contributed by atoms with Crippen LogP contribution in [0.5, 0.6) is 0 Å². The van der Waals surface area contributed by atoms with Gasteiger partial charge in [-0.2, -0.15) is 0 Å². The molecule has 1 aromatic heterocycles. The van der Waals surface area contributed by atoms with Crippen LogP contribution in [0.3, 0.4) is 0 Å². The summed E-state index contributed by atoms with van der Waals surface area (Å²) in [7, 11) is 0. The van der Waals surface area contributed by atoms with Crippen molar-refractivity contribution in [2.24, 2.45) is 5.92 Å². The Kier molecular flexibility index (Phi) is 12.3. The van der Waals surface area contributed by atoms with E-state index in [2.05, 4.69) is 15.6 Å². The summed E-state index contributed by atoms with van der Waals surface area (Å²) in [5.74, 6) is -1.83. The summed E-state index contributed by atoms with van der Waals surface area (Å²) in [5, 5.41) is 15.6. The molecule has 0 radical (unpaired) electrons. The average molecular weight is 597 g/mol. The predicted molar refractivity (Wildman–Crippen MR) is 168 cm³/mol. The number of para-hydroxylation sites is 1. The standard InChI is InChI=1S/C35H40N4O5/c40-29(22-28-24-36-31-17-11-10-16-30(28)31)21-27(20-25-12-4-1-5-13-25)34(42)38-32(18-8-3-9-19-33(41)39-44)35(43)37-23-26-14-6-2-7-15-26/h1-2,4-7,10-17,24,27,32,36,44H,3,8-9,18-23H2,(H,37,43)(H,38,42)(H,39,41)/t27-,32+/m1/s1. The van der Waals surface area contributed by atoms with Crippen LogP contribution in [0.4, 0.5) is 0 Å². The second-order valence-electron chi connectivity index (χ2n) is 11.1. The first-order valence-corrected chi connectivity index (χ1v) is 15.1. The summed E-state index contributed by atoms with van der Waals surface area (Å²) in [6.07, 6.45) is 4.75. The van der Waals surface area contributed by atoms with Crippen LogP contribution in [0.1, 0.15) is 55.2 Å². The number of H-pyrrole nitrogens is 1. The molecule has 3 aromatic carbocycles. The molecule has 4 rings (SSSR count). The molecule has 9 nitrogen and oxygen atoms in total. The highest BCUT2D eigenvalue weighted by molar-refractivity contribution is 5.93. The predicted octanol–water partition coefficient (Wildman–Crippen LogP) is 4.79. The van der Waals surface area contributed by atoms with Gasteiger partial charge in [0.15, 0.2) is 0 Å². The highest BCUT2D eigenvalue weighted by Gasteiger charge is 2.28. The topological polar surface area (TPSA) is 140 Å². The summed E-state index contributed by atoms with van der Waals surface area (Å²) >= 11 is 0. The van der Waals surface area contributed by atoms with Crippen molar-refractivity contribution in [3.05, 3.63) is 108 Å². The number of hydroxylamine groups is 1. The van der Waals surface area contributed by atoms with E-state index in [4.69, 9.17) is 5.21 Å². The number of unbranched alkanes of at least 4 members (excludes halogenated alkanes) is 2. The molecular weight excluding hydrogens is 556 g/mol. The summed E-state index contributed by atoms with van der Waals surface area (Å²) in [6.45, 7) is 0.319. The zero-order valence-electron chi connectivity index (χ0n) is 24.8. The lowest BCUT2D eigenvalue weighted by Gasteiger charge is -2.23. The van der Waals surface area contributed by atoms with Crippen LogP contribution < -0.4 is 16.1 Å². The number of rotatable bonds is 17. The smallest absolute Gasteiger partial charge is 0.243 e. The van der Waals surface area contributed by atoms with Gasteiger partial charge in [0.1, 0.15) is 11.8 Å². The van der Waals surface area contributed by atoms with Crippen molar-refractivity contribution in [2.45, 2.75) is 64.0 Å². The van der Waals surface area contributed by atoms with Crippen molar-refractivity contribution >= 4 is 34.4 Å². The highest BCUT2D eigenvalue weighted by Crippen LogP contribution is 2.21. The Hall–Kier alpha value is -4.76. The fraction of sp³-hybridized carbons (Fsp3) is 0.314. The van der Waals surface area contributed by atoms with E-state index in [9.17, 15) is 19.2 Å². The molecule has 0 unspecified atom stereocenters. The van der Waals surface area contributed by atoms with Gasteiger partial charge in [-0.15, -0.1) is 0 Å². The van der Waals surface area contributed by atoms with Crippen LogP contribution in [0.2, 0.25) is 0 Å². The SMILES string of the molecule is O=C(Cc1c[nH]c2ccccc12)C[C@@H](Cc1ccccc1)C(=O)N[C@@H](CCCCCC(=O)NO)C(=O)NCc1ccccc1. The van der Waals surface area contributed by atoms with Gasteiger partial charge in [-0.1, -0.05) is 91.7 Å².